The summed E-state index contributed by atoms with van der Waals surface area (Å²) in [5, 5.41) is 0. The molecule has 0 rings (SSSR count). The molecule has 0 aromatic rings. The second-order valence-electron chi connectivity index (χ2n) is 9.52. The molecule has 0 heterocycles. The second kappa shape index (κ2) is 29.1. The molecule has 182 valence electrons. The first-order valence-corrected chi connectivity index (χ1v) is 14.2. The summed E-state index contributed by atoms with van der Waals surface area (Å²) in [6.45, 7) is 2.30. The molecule has 0 bridgehead atoms. The predicted octanol–water partition coefficient (Wildman–Crippen LogP) is 10.7. The third-order valence-corrected chi connectivity index (χ3v) is 6.41. The molecule has 0 atom stereocenters. The van der Waals surface area contributed by atoms with Crippen molar-refractivity contribution in [1.29, 1.82) is 0 Å². The van der Waals surface area contributed by atoms with Gasteiger partial charge in [-0.15, -0.1) is 0 Å². The van der Waals surface area contributed by atoms with Gasteiger partial charge in [0.15, 0.2) is 0 Å². The maximum atomic E-state index is 10.1. The SMILES string of the molecule is CCCCCCCCCCCCCCCCCCCCCCCCCC=CC=CC=O. The minimum absolute atomic E-state index is 0.824. The van der Waals surface area contributed by atoms with Crippen LogP contribution < -0.4 is 0 Å². The van der Waals surface area contributed by atoms with Crippen LogP contribution in [0.15, 0.2) is 24.3 Å². The Morgan fingerprint density at radius 3 is 1.03 bits per heavy atom. The normalized spacial score (nSPS) is 11.8. The van der Waals surface area contributed by atoms with Gasteiger partial charge in [-0.25, -0.2) is 0 Å². The van der Waals surface area contributed by atoms with Crippen LogP contribution in [-0.4, -0.2) is 6.29 Å². The van der Waals surface area contributed by atoms with Gasteiger partial charge in [0.25, 0.3) is 0 Å². The molecule has 0 saturated heterocycles. The Hall–Kier alpha value is -0.850. The number of allylic oxidation sites excluding steroid dienone is 4. The summed E-state index contributed by atoms with van der Waals surface area (Å²) in [7, 11) is 0. The molecule has 0 spiro atoms. The zero-order valence-corrected chi connectivity index (χ0v) is 21.3. The lowest BCUT2D eigenvalue weighted by atomic mass is 10.0. The molecule has 1 heteroatoms. The van der Waals surface area contributed by atoms with E-state index in [2.05, 4.69) is 13.0 Å². The lowest BCUT2D eigenvalue weighted by Crippen LogP contribution is -1.84. The van der Waals surface area contributed by atoms with Crippen molar-refractivity contribution in [3.63, 3.8) is 0 Å². The number of carbonyl (C=O) groups is 1. The van der Waals surface area contributed by atoms with Gasteiger partial charge in [0, 0.05) is 0 Å². The number of hydrogen-bond donors (Lipinski definition) is 0. The van der Waals surface area contributed by atoms with Crippen molar-refractivity contribution in [2.24, 2.45) is 0 Å². The van der Waals surface area contributed by atoms with Crippen molar-refractivity contribution in [3.05, 3.63) is 24.3 Å². The summed E-state index contributed by atoms with van der Waals surface area (Å²) in [6.07, 6.45) is 42.6. The molecule has 0 radical (unpaired) electrons. The summed E-state index contributed by atoms with van der Waals surface area (Å²) in [4.78, 5) is 10.1. The number of carbonyl (C=O) groups excluding carboxylic acids is 1. The van der Waals surface area contributed by atoms with Gasteiger partial charge < -0.3 is 0 Å². The minimum atomic E-state index is 0.824. The lowest BCUT2D eigenvalue weighted by molar-refractivity contribution is -0.104. The molecular weight excluding hydrogens is 376 g/mol. The van der Waals surface area contributed by atoms with Crippen molar-refractivity contribution in [3.8, 4) is 0 Å². The largest absolute Gasteiger partial charge is 0.299 e. The van der Waals surface area contributed by atoms with Crippen LogP contribution in [0, 0.1) is 0 Å². The van der Waals surface area contributed by atoms with Crippen molar-refractivity contribution in [2.45, 2.75) is 161 Å². The van der Waals surface area contributed by atoms with Gasteiger partial charge in [-0.05, 0) is 18.9 Å². The quantitative estimate of drug-likeness (QED) is 0.0574. The first-order chi connectivity index (χ1) is 15.4. The Labute approximate surface area is 196 Å². The fraction of sp³-hybridized carbons (Fsp3) is 0.833. The van der Waals surface area contributed by atoms with Gasteiger partial charge in [-0.3, -0.25) is 4.79 Å². The number of aldehydes is 1. The van der Waals surface area contributed by atoms with Crippen LogP contribution in [0.1, 0.15) is 161 Å². The molecule has 0 aromatic carbocycles. The van der Waals surface area contributed by atoms with E-state index in [9.17, 15) is 4.79 Å². The molecule has 0 saturated carbocycles. The first kappa shape index (κ1) is 30.1. The number of rotatable bonds is 26. The molecule has 0 fully saturated rings. The van der Waals surface area contributed by atoms with Crippen molar-refractivity contribution in [1.82, 2.24) is 0 Å². The smallest absolute Gasteiger partial charge is 0.142 e. The average molecular weight is 433 g/mol. The number of unbranched alkanes of at least 4 members (excludes halogenated alkanes) is 23. The van der Waals surface area contributed by atoms with Gasteiger partial charge in [-0.2, -0.15) is 0 Å². The van der Waals surface area contributed by atoms with E-state index >= 15 is 0 Å². The molecule has 0 unspecified atom stereocenters. The van der Waals surface area contributed by atoms with Gasteiger partial charge in [0.05, 0.1) is 0 Å². The molecule has 0 aromatic heterocycles. The Morgan fingerprint density at radius 2 is 0.710 bits per heavy atom. The third kappa shape index (κ3) is 29.1. The summed E-state index contributed by atoms with van der Waals surface area (Å²) in [6, 6.07) is 0. The molecule has 0 aliphatic rings. The van der Waals surface area contributed by atoms with Crippen molar-refractivity contribution >= 4 is 6.29 Å². The van der Waals surface area contributed by atoms with Crippen LogP contribution in [0.2, 0.25) is 0 Å². The van der Waals surface area contributed by atoms with E-state index in [0.29, 0.717) is 0 Å². The topological polar surface area (TPSA) is 17.1 Å². The van der Waals surface area contributed by atoms with Gasteiger partial charge in [0.1, 0.15) is 6.29 Å². The summed E-state index contributed by atoms with van der Waals surface area (Å²) >= 11 is 0. The van der Waals surface area contributed by atoms with Gasteiger partial charge in [-0.1, -0.05) is 166 Å². The van der Waals surface area contributed by atoms with Crippen LogP contribution in [0.4, 0.5) is 0 Å². The Kier molecular flexibility index (Phi) is 28.4. The highest BCUT2D eigenvalue weighted by Crippen LogP contribution is 2.15. The van der Waals surface area contributed by atoms with Crippen LogP contribution in [0.25, 0.3) is 0 Å². The maximum Gasteiger partial charge on any atom is 0.142 e. The van der Waals surface area contributed by atoms with E-state index in [0.717, 1.165) is 12.7 Å². The fourth-order valence-electron chi connectivity index (χ4n) is 4.33. The van der Waals surface area contributed by atoms with E-state index in [1.54, 1.807) is 0 Å². The third-order valence-electron chi connectivity index (χ3n) is 6.41. The van der Waals surface area contributed by atoms with E-state index in [1.165, 1.54) is 154 Å². The Bertz CT molecular complexity index is 382. The van der Waals surface area contributed by atoms with Crippen LogP contribution in [0.5, 0.6) is 0 Å². The molecule has 0 amide bonds. The molecule has 31 heavy (non-hydrogen) atoms. The standard InChI is InChI=1S/C30H56O/c1-2-3-4-5-6-7-8-9-10-11-12-13-14-15-16-17-18-19-20-21-22-23-24-25-26-27-28-29-30-31/h26-30H,2-25H2,1H3. The molecule has 1 nitrogen and oxygen atoms in total. The molecule has 0 aliphatic carbocycles. The second-order valence-corrected chi connectivity index (χ2v) is 9.52. The van der Waals surface area contributed by atoms with Crippen LogP contribution >= 0.6 is 0 Å². The zero-order chi connectivity index (χ0) is 22.5. The van der Waals surface area contributed by atoms with Gasteiger partial charge >= 0.3 is 0 Å². The molecule has 0 aliphatic heterocycles. The van der Waals surface area contributed by atoms with Crippen LogP contribution in [0.3, 0.4) is 0 Å². The van der Waals surface area contributed by atoms with Crippen LogP contribution in [-0.2, 0) is 4.79 Å². The van der Waals surface area contributed by atoms with Gasteiger partial charge in [0.2, 0.25) is 0 Å². The highest BCUT2D eigenvalue weighted by Gasteiger charge is 1.95. The average Bonchev–Trinajstić information content (AvgIpc) is 2.78. The summed E-state index contributed by atoms with van der Waals surface area (Å²) in [5.74, 6) is 0. The minimum Gasteiger partial charge on any atom is -0.299 e. The summed E-state index contributed by atoms with van der Waals surface area (Å²) in [5.41, 5.74) is 0. The summed E-state index contributed by atoms with van der Waals surface area (Å²) < 4.78 is 0. The predicted molar refractivity (Wildman–Crippen MR) is 141 cm³/mol. The highest BCUT2D eigenvalue weighted by atomic mass is 16.1. The Balaban J connectivity index is 3.04. The lowest BCUT2D eigenvalue weighted by Gasteiger charge is -2.04. The fourth-order valence-corrected chi connectivity index (χ4v) is 4.33. The highest BCUT2D eigenvalue weighted by molar-refractivity contribution is 5.65. The Morgan fingerprint density at radius 1 is 0.387 bits per heavy atom. The van der Waals surface area contributed by atoms with E-state index in [-0.39, 0.29) is 0 Å². The molecular formula is C30H56O. The number of hydrogen-bond acceptors (Lipinski definition) is 1. The van der Waals surface area contributed by atoms with E-state index in [4.69, 9.17) is 0 Å². The van der Waals surface area contributed by atoms with E-state index < -0.39 is 0 Å². The first-order valence-electron chi connectivity index (χ1n) is 14.2. The van der Waals surface area contributed by atoms with Crippen molar-refractivity contribution < 1.29 is 4.79 Å². The molecule has 0 N–H and O–H groups in total. The zero-order valence-electron chi connectivity index (χ0n) is 21.3. The maximum absolute atomic E-state index is 10.1. The van der Waals surface area contributed by atoms with Crippen molar-refractivity contribution in [2.75, 3.05) is 0 Å². The van der Waals surface area contributed by atoms with E-state index in [1.807, 2.05) is 12.2 Å². The monoisotopic (exact) mass is 432 g/mol.